The maximum atomic E-state index is 12.4. The molecule has 0 aliphatic carbocycles. The molecule has 0 radical (unpaired) electrons. The number of nitrogens with zero attached hydrogens (tertiary/aromatic N) is 2. The molecule has 1 aromatic heterocycles. The maximum absolute atomic E-state index is 12.4. The number of hydrogen-bond acceptors (Lipinski definition) is 7. The van der Waals surface area contributed by atoms with E-state index in [1.165, 1.54) is 0 Å². The molecule has 0 aliphatic heterocycles. The summed E-state index contributed by atoms with van der Waals surface area (Å²) < 4.78 is 27.1. The van der Waals surface area contributed by atoms with Gasteiger partial charge in [0.15, 0.2) is 0 Å². The highest BCUT2D eigenvalue weighted by atomic mass is 35.5. The van der Waals surface area contributed by atoms with Crippen LogP contribution >= 0.6 is 34.7 Å². The molecular formula is C19H19ClN4O3S3. The van der Waals surface area contributed by atoms with Gasteiger partial charge in [-0.15, -0.1) is 10.2 Å². The number of thioether (sulfide) groups is 1. The topological polar surface area (TPSA) is 101 Å². The lowest BCUT2D eigenvalue weighted by molar-refractivity contribution is 0.102. The second-order valence-corrected chi connectivity index (χ2v) is 10.7. The normalized spacial score (nSPS) is 11.4. The number of nitrogens with one attached hydrogen (secondary N) is 2. The highest BCUT2D eigenvalue weighted by molar-refractivity contribution is 7.98. The van der Waals surface area contributed by atoms with E-state index in [1.807, 2.05) is 43.3 Å². The zero-order valence-corrected chi connectivity index (χ0v) is 19.2. The average Bonchev–Trinajstić information content (AvgIpc) is 3.19. The Morgan fingerprint density at radius 1 is 1.13 bits per heavy atom. The number of carbonyl (C=O) groups is 1. The third-order valence-corrected chi connectivity index (χ3v) is 7.92. The van der Waals surface area contributed by atoms with E-state index in [0.29, 0.717) is 16.3 Å². The monoisotopic (exact) mass is 482 g/mol. The van der Waals surface area contributed by atoms with Gasteiger partial charge < -0.3 is 0 Å². The summed E-state index contributed by atoms with van der Waals surface area (Å²) in [4.78, 5) is 12.3. The van der Waals surface area contributed by atoms with Crippen LogP contribution < -0.4 is 10.0 Å². The van der Waals surface area contributed by atoms with E-state index < -0.39 is 10.0 Å². The first-order valence-corrected chi connectivity index (χ1v) is 12.7. The number of anilines is 1. The molecule has 11 heteroatoms. The summed E-state index contributed by atoms with van der Waals surface area (Å²) in [7, 11) is -3.79. The Hall–Kier alpha value is -1.98. The van der Waals surface area contributed by atoms with Crippen LogP contribution in [0.1, 0.15) is 21.5 Å². The molecule has 3 aromatic rings. The van der Waals surface area contributed by atoms with Gasteiger partial charge in [0.2, 0.25) is 9.47 Å². The molecule has 0 atom stereocenters. The molecule has 0 saturated heterocycles. The van der Waals surface area contributed by atoms with Gasteiger partial charge in [-0.05, 0) is 36.2 Å². The fraction of sp³-hybridized carbons (Fsp3) is 0.211. The fourth-order valence-electron chi connectivity index (χ4n) is 2.44. The van der Waals surface area contributed by atoms with Crippen molar-refractivity contribution < 1.29 is 13.2 Å². The van der Waals surface area contributed by atoms with Crippen molar-refractivity contribution in [1.29, 1.82) is 0 Å². The smallest absolute Gasteiger partial charge is 0.269 e. The van der Waals surface area contributed by atoms with Gasteiger partial charge in [-0.1, -0.05) is 53.3 Å². The van der Waals surface area contributed by atoms with E-state index in [1.54, 1.807) is 23.9 Å². The van der Waals surface area contributed by atoms with Crippen LogP contribution in [0, 0.1) is 6.92 Å². The van der Waals surface area contributed by atoms with Gasteiger partial charge >= 0.3 is 0 Å². The number of hydrogen-bond donors (Lipinski definition) is 2. The van der Waals surface area contributed by atoms with Crippen LogP contribution in [0.5, 0.6) is 0 Å². The number of benzene rings is 2. The lowest BCUT2D eigenvalue weighted by Crippen LogP contribution is -2.26. The third-order valence-electron chi connectivity index (χ3n) is 3.97. The van der Waals surface area contributed by atoms with E-state index in [0.717, 1.165) is 28.2 Å². The Labute approximate surface area is 188 Å². The van der Waals surface area contributed by atoms with Gasteiger partial charge in [-0.25, -0.2) is 13.1 Å². The second-order valence-electron chi connectivity index (χ2n) is 6.22. The predicted octanol–water partition coefficient (Wildman–Crippen LogP) is 3.96. The number of amides is 1. The lowest BCUT2D eigenvalue weighted by Gasteiger charge is -2.05. The zero-order valence-electron chi connectivity index (χ0n) is 16.0. The van der Waals surface area contributed by atoms with Gasteiger partial charge in [0, 0.05) is 28.6 Å². The quantitative estimate of drug-likeness (QED) is 0.353. The standard InChI is InChI=1S/C19H19ClN4O3S3/c1-13-4-2-3-5-16(13)17(25)22-18-23-24-19(29-18)30(26,27)21-10-11-28-12-14-6-8-15(20)9-7-14/h2-9,21H,10-12H2,1H3,(H,22,23,25). The van der Waals surface area contributed by atoms with E-state index in [4.69, 9.17) is 11.6 Å². The summed E-state index contributed by atoms with van der Waals surface area (Å²) in [5.41, 5.74) is 2.42. The third kappa shape index (κ3) is 6.26. The molecule has 0 saturated carbocycles. The molecule has 7 nitrogen and oxygen atoms in total. The van der Waals surface area contributed by atoms with E-state index in [9.17, 15) is 13.2 Å². The summed E-state index contributed by atoms with van der Waals surface area (Å²) in [6.45, 7) is 2.07. The van der Waals surface area contributed by atoms with Crippen LogP contribution in [0.4, 0.5) is 5.13 Å². The maximum Gasteiger partial charge on any atom is 0.269 e. The van der Waals surface area contributed by atoms with E-state index in [2.05, 4.69) is 20.2 Å². The van der Waals surface area contributed by atoms with Crippen LogP contribution in [-0.4, -0.2) is 36.8 Å². The van der Waals surface area contributed by atoms with Crippen molar-refractivity contribution in [1.82, 2.24) is 14.9 Å². The molecule has 1 heterocycles. The minimum Gasteiger partial charge on any atom is -0.296 e. The Balaban J connectivity index is 1.49. The summed E-state index contributed by atoms with van der Waals surface area (Å²) in [5, 5.41) is 10.9. The molecule has 0 spiro atoms. The molecule has 0 fully saturated rings. The van der Waals surface area contributed by atoms with Crippen molar-refractivity contribution >= 4 is 55.8 Å². The SMILES string of the molecule is Cc1ccccc1C(=O)Nc1nnc(S(=O)(=O)NCCSCc2ccc(Cl)cc2)s1. The molecule has 0 unspecified atom stereocenters. The van der Waals surface area contributed by atoms with Crippen molar-refractivity contribution in [3.8, 4) is 0 Å². The fourth-order valence-corrected chi connectivity index (χ4v) is 5.48. The van der Waals surface area contributed by atoms with Crippen molar-refractivity contribution in [2.75, 3.05) is 17.6 Å². The lowest BCUT2D eigenvalue weighted by atomic mass is 10.1. The Morgan fingerprint density at radius 2 is 1.87 bits per heavy atom. The van der Waals surface area contributed by atoms with E-state index in [-0.39, 0.29) is 21.9 Å². The largest absolute Gasteiger partial charge is 0.296 e. The second kappa shape index (κ2) is 10.4. The first kappa shape index (κ1) is 22.7. The molecule has 3 rings (SSSR count). The van der Waals surface area contributed by atoms with Crippen LogP contribution in [0.3, 0.4) is 0 Å². The average molecular weight is 483 g/mol. The van der Waals surface area contributed by atoms with E-state index >= 15 is 0 Å². The minimum absolute atomic E-state index is 0.126. The molecule has 0 aliphatic rings. The Morgan fingerprint density at radius 3 is 2.60 bits per heavy atom. The van der Waals surface area contributed by atoms with Crippen molar-refractivity contribution in [2.24, 2.45) is 0 Å². The van der Waals surface area contributed by atoms with Gasteiger partial charge in [-0.3, -0.25) is 10.1 Å². The minimum atomic E-state index is -3.79. The van der Waals surface area contributed by atoms with Gasteiger partial charge in [0.25, 0.3) is 15.9 Å². The Kier molecular flexibility index (Phi) is 7.84. The molecule has 158 valence electrons. The first-order chi connectivity index (χ1) is 14.3. The van der Waals surface area contributed by atoms with Crippen molar-refractivity contribution in [3.05, 3.63) is 70.2 Å². The summed E-state index contributed by atoms with van der Waals surface area (Å²) >= 11 is 8.26. The number of carbonyl (C=O) groups excluding carboxylic acids is 1. The number of sulfonamides is 1. The molecule has 2 N–H and O–H groups in total. The van der Waals surface area contributed by atoms with Crippen molar-refractivity contribution in [2.45, 2.75) is 17.0 Å². The highest BCUT2D eigenvalue weighted by Crippen LogP contribution is 2.21. The number of aromatic nitrogens is 2. The molecule has 1 amide bonds. The van der Waals surface area contributed by atoms with Crippen LogP contribution in [0.25, 0.3) is 0 Å². The number of rotatable bonds is 9. The van der Waals surface area contributed by atoms with Crippen LogP contribution in [0.15, 0.2) is 52.9 Å². The summed E-state index contributed by atoms with van der Waals surface area (Å²) in [6.07, 6.45) is 0. The molecule has 2 aromatic carbocycles. The predicted molar refractivity (Wildman–Crippen MR) is 122 cm³/mol. The molecule has 30 heavy (non-hydrogen) atoms. The molecule has 0 bridgehead atoms. The van der Waals surface area contributed by atoms with Gasteiger partial charge in [-0.2, -0.15) is 11.8 Å². The Bertz CT molecular complexity index is 1120. The summed E-state index contributed by atoms with van der Waals surface area (Å²) in [5.74, 6) is 0.990. The first-order valence-electron chi connectivity index (χ1n) is 8.87. The zero-order chi connectivity index (χ0) is 21.6. The van der Waals surface area contributed by atoms with Crippen LogP contribution in [-0.2, 0) is 15.8 Å². The number of aryl methyl sites for hydroxylation is 1. The summed E-state index contributed by atoms with van der Waals surface area (Å²) in [6, 6.07) is 14.6. The molecular weight excluding hydrogens is 464 g/mol. The van der Waals surface area contributed by atoms with Gasteiger partial charge in [0.1, 0.15) is 0 Å². The van der Waals surface area contributed by atoms with Crippen LogP contribution in [0.2, 0.25) is 5.02 Å². The van der Waals surface area contributed by atoms with Gasteiger partial charge in [0.05, 0.1) is 0 Å². The van der Waals surface area contributed by atoms with Crippen molar-refractivity contribution in [3.63, 3.8) is 0 Å². The number of halogens is 1. The highest BCUT2D eigenvalue weighted by Gasteiger charge is 2.21.